The Morgan fingerprint density at radius 1 is 0.594 bits per heavy atom. The summed E-state index contributed by atoms with van der Waals surface area (Å²) in [5.41, 5.74) is 0. The minimum Gasteiger partial charge on any atom is -0.415 e. The van der Waals surface area contributed by atoms with Gasteiger partial charge < -0.3 is 27.4 Å². The largest absolute Gasteiger partial charge is 0.415 e. The summed E-state index contributed by atoms with van der Waals surface area (Å²) >= 11 is 0. The molecule has 0 amide bonds. The van der Waals surface area contributed by atoms with E-state index in [1.807, 2.05) is 0 Å². The van der Waals surface area contributed by atoms with E-state index in [1.54, 1.807) is 0 Å². The molecule has 11 heteroatoms. The minimum absolute atomic E-state index is 0.0652. The maximum atomic E-state index is 6.91. The zero-order valence-corrected chi connectivity index (χ0v) is 28.6. The van der Waals surface area contributed by atoms with Gasteiger partial charge in [0.25, 0.3) is 0 Å². The summed E-state index contributed by atoms with van der Waals surface area (Å²) in [6.07, 6.45) is -0.896. The topological polar surface area (TPSA) is 58.2 Å². The molecule has 5 atom stereocenters. The predicted octanol–water partition coefficient (Wildman–Crippen LogP) is 5.65. The van der Waals surface area contributed by atoms with Crippen LogP contribution in [0.5, 0.6) is 0 Å². The van der Waals surface area contributed by atoms with Crippen LogP contribution in [-0.4, -0.2) is 78.8 Å². The van der Waals surface area contributed by atoms with Gasteiger partial charge in [0.2, 0.25) is 0 Å². The molecule has 1 saturated heterocycles. The Morgan fingerprint density at radius 3 is 1.41 bits per heavy atom. The second kappa shape index (κ2) is 10.8. The molecule has 0 aromatic carbocycles. The number of ether oxygens (including phenoxy) is 1. The summed E-state index contributed by atoms with van der Waals surface area (Å²) < 4.78 is 33.4. The number of hydrogen-bond donors (Lipinski definition) is 1. The quantitative estimate of drug-likeness (QED) is 0.343. The van der Waals surface area contributed by atoms with E-state index >= 15 is 0 Å². The molecule has 6 nitrogen and oxygen atoms in total. The lowest BCUT2D eigenvalue weighted by molar-refractivity contribution is -0.236. The van der Waals surface area contributed by atoms with Gasteiger partial charge in [-0.2, -0.15) is 0 Å². The third kappa shape index (κ3) is 12.5. The lowest BCUT2D eigenvalue weighted by atomic mass is 9.98. The van der Waals surface area contributed by atoms with Crippen molar-refractivity contribution in [1.82, 2.24) is 4.98 Å². The van der Waals surface area contributed by atoms with Gasteiger partial charge in [0, 0.05) is 0 Å². The molecule has 1 unspecified atom stereocenters. The van der Waals surface area contributed by atoms with E-state index in [2.05, 4.69) is 103 Å². The fourth-order valence-corrected chi connectivity index (χ4v) is 8.63. The van der Waals surface area contributed by atoms with Crippen molar-refractivity contribution in [2.45, 2.75) is 129 Å². The summed E-state index contributed by atoms with van der Waals surface area (Å²) in [5.74, 6) is 0. The van der Waals surface area contributed by atoms with E-state index in [4.69, 9.17) is 22.4 Å². The molecule has 0 saturated carbocycles. The van der Waals surface area contributed by atoms with Gasteiger partial charge in [-0.3, -0.25) is 0 Å². The number of rotatable bonds is 11. The van der Waals surface area contributed by atoms with Crippen molar-refractivity contribution >= 4 is 41.5 Å². The first-order chi connectivity index (χ1) is 14.0. The van der Waals surface area contributed by atoms with Crippen LogP contribution in [-0.2, 0) is 22.4 Å². The maximum Gasteiger partial charge on any atom is 0.187 e. The Labute approximate surface area is 204 Å². The van der Waals surface area contributed by atoms with Gasteiger partial charge in [-0.25, -0.2) is 0 Å². The van der Waals surface area contributed by atoms with Crippen LogP contribution in [0.25, 0.3) is 0 Å². The summed E-state index contributed by atoms with van der Waals surface area (Å²) in [4.78, 5) is 3.92. The predicted molar refractivity (Wildman–Crippen MR) is 149 cm³/mol. The Bertz CT molecular complexity index is 590. The van der Waals surface area contributed by atoms with E-state index in [1.165, 1.54) is 0 Å². The molecule has 1 aliphatic heterocycles. The van der Waals surface area contributed by atoms with E-state index in [0.717, 1.165) is 0 Å². The molecule has 1 rings (SSSR count). The average molecular weight is 540 g/mol. The molecule has 0 bridgehead atoms. The molecule has 0 aliphatic carbocycles. The second-order valence-corrected chi connectivity index (χ2v) is 36.7. The molecule has 1 heterocycles. The molecular weight excluding hydrogens is 487 g/mol. The van der Waals surface area contributed by atoms with E-state index in [0.29, 0.717) is 6.61 Å². The van der Waals surface area contributed by atoms with E-state index < -0.39 is 41.5 Å². The fraction of sp³-hybridized carbons (Fsp3) is 1.00. The standard InChI is InChI=1S/C21H53NO5Si5/c1-28(2,3)22-18-20(26-31(10,11)12)19(25-30(7,8)9)17(16-23-29(4,5)6)24-21(18)27-32(13,14)15/h17-22H,16H2,1-15H3/t17-,18-,19-,20-,21?/m1/s1. The van der Waals surface area contributed by atoms with Gasteiger partial charge in [-0.05, 0) is 78.6 Å². The molecule has 32 heavy (non-hydrogen) atoms. The molecular formula is C21H53NO5Si5. The van der Waals surface area contributed by atoms with Crippen molar-refractivity contribution in [2.75, 3.05) is 6.61 Å². The molecule has 0 spiro atoms. The van der Waals surface area contributed by atoms with Crippen LogP contribution < -0.4 is 4.98 Å². The summed E-state index contributed by atoms with van der Waals surface area (Å²) in [5, 5.41) is 0. The Balaban J connectivity index is 3.50. The molecule has 1 fully saturated rings. The molecule has 192 valence electrons. The van der Waals surface area contributed by atoms with Crippen LogP contribution in [0, 0.1) is 0 Å². The summed E-state index contributed by atoms with van der Waals surface area (Å²) in [6, 6.07) is -0.0652. The number of hydrogen-bond acceptors (Lipinski definition) is 6. The van der Waals surface area contributed by atoms with Crippen LogP contribution in [0.2, 0.25) is 98.2 Å². The third-order valence-corrected chi connectivity index (χ3v) is 9.51. The van der Waals surface area contributed by atoms with Crippen LogP contribution in [0.4, 0.5) is 0 Å². The Morgan fingerprint density at radius 2 is 1.03 bits per heavy atom. The van der Waals surface area contributed by atoms with Crippen molar-refractivity contribution in [2.24, 2.45) is 0 Å². The van der Waals surface area contributed by atoms with Crippen LogP contribution in [0.15, 0.2) is 0 Å². The van der Waals surface area contributed by atoms with Crippen LogP contribution in [0.1, 0.15) is 0 Å². The highest BCUT2D eigenvalue weighted by Gasteiger charge is 2.52. The van der Waals surface area contributed by atoms with Crippen molar-refractivity contribution in [3.63, 3.8) is 0 Å². The highest BCUT2D eigenvalue weighted by molar-refractivity contribution is 6.74. The normalized spacial score (nSPS) is 28.8. The molecule has 0 aromatic rings. The van der Waals surface area contributed by atoms with Crippen molar-refractivity contribution < 1.29 is 22.4 Å². The number of nitrogens with one attached hydrogen (secondary N) is 1. The molecule has 0 radical (unpaired) electrons. The summed E-state index contributed by atoms with van der Waals surface area (Å²) in [6.45, 7) is 34.2. The monoisotopic (exact) mass is 539 g/mol. The first-order valence-electron chi connectivity index (χ1n) is 12.1. The lowest BCUT2D eigenvalue weighted by Gasteiger charge is -2.52. The Kier molecular flexibility index (Phi) is 10.5. The van der Waals surface area contributed by atoms with E-state index in [-0.39, 0.29) is 30.6 Å². The van der Waals surface area contributed by atoms with E-state index in [9.17, 15) is 0 Å². The van der Waals surface area contributed by atoms with Crippen LogP contribution in [0.3, 0.4) is 0 Å². The zero-order valence-electron chi connectivity index (χ0n) is 23.6. The van der Waals surface area contributed by atoms with Gasteiger partial charge in [0.05, 0.1) is 18.8 Å². The highest BCUT2D eigenvalue weighted by Crippen LogP contribution is 2.33. The SMILES string of the molecule is C[Si](C)(C)N[C@H]1C(O[Si](C)(C)C)O[C@H](CO[Si](C)(C)C)[C@@H](O[Si](C)(C)C)[C@@H]1O[Si](C)(C)C. The van der Waals surface area contributed by atoms with Gasteiger partial charge in [-0.15, -0.1) is 0 Å². The van der Waals surface area contributed by atoms with Gasteiger partial charge in [0.15, 0.2) is 39.6 Å². The second-order valence-electron chi connectivity index (χ2n) is 14.0. The lowest BCUT2D eigenvalue weighted by Crippen LogP contribution is -2.71. The first kappa shape index (κ1) is 30.9. The highest BCUT2D eigenvalue weighted by atomic mass is 28.4. The Hall–Kier alpha value is 0.844. The maximum absolute atomic E-state index is 6.91. The minimum atomic E-state index is -1.88. The smallest absolute Gasteiger partial charge is 0.187 e. The van der Waals surface area contributed by atoms with Crippen molar-refractivity contribution in [3.05, 3.63) is 0 Å². The van der Waals surface area contributed by atoms with Gasteiger partial charge >= 0.3 is 0 Å². The third-order valence-electron chi connectivity index (χ3n) is 4.38. The van der Waals surface area contributed by atoms with Crippen LogP contribution >= 0.6 is 0 Å². The average Bonchev–Trinajstić information content (AvgIpc) is 2.45. The molecule has 1 N–H and O–H groups in total. The fourth-order valence-electron chi connectivity index (χ4n) is 3.57. The zero-order chi connectivity index (χ0) is 25.3. The molecule has 1 aliphatic rings. The van der Waals surface area contributed by atoms with Gasteiger partial charge in [-0.1, -0.05) is 19.6 Å². The van der Waals surface area contributed by atoms with Crippen molar-refractivity contribution in [1.29, 1.82) is 0 Å². The molecule has 0 aromatic heterocycles. The summed E-state index contributed by atoms with van der Waals surface area (Å²) in [7, 11) is -9.00. The first-order valence-corrected chi connectivity index (χ1v) is 29.2. The van der Waals surface area contributed by atoms with Crippen molar-refractivity contribution in [3.8, 4) is 0 Å². The van der Waals surface area contributed by atoms with Gasteiger partial charge in [0.1, 0.15) is 20.4 Å².